The maximum absolute atomic E-state index is 13.0. The van der Waals surface area contributed by atoms with Crippen molar-refractivity contribution in [3.8, 4) is 17.1 Å². The molecule has 2 unspecified atom stereocenters. The minimum atomic E-state index is -0.387. The highest BCUT2D eigenvalue weighted by Crippen LogP contribution is 2.24. The molecule has 1 amide bonds. The van der Waals surface area contributed by atoms with Crippen LogP contribution >= 0.6 is 11.8 Å². The molecule has 3 rings (SSSR count). The Morgan fingerprint density at radius 1 is 1.14 bits per heavy atom. The highest BCUT2D eigenvalue weighted by atomic mass is 32.2. The van der Waals surface area contributed by atoms with Crippen LogP contribution in [0, 0.1) is 5.82 Å². The van der Waals surface area contributed by atoms with Gasteiger partial charge in [-0.05, 0) is 55.8 Å². The average molecular weight is 400 g/mol. The summed E-state index contributed by atoms with van der Waals surface area (Å²) in [5.41, 5.74) is 1.72. The van der Waals surface area contributed by atoms with Crippen LogP contribution in [0.5, 0.6) is 5.75 Å². The van der Waals surface area contributed by atoms with E-state index in [1.807, 2.05) is 31.2 Å². The van der Waals surface area contributed by atoms with Crippen LogP contribution in [0.2, 0.25) is 0 Å². The molecule has 0 aliphatic carbocycles. The van der Waals surface area contributed by atoms with E-state index < -0.39 is 0 Å². The molecule has 0 saturated heterocycles. The number of rotatable bonds is 7. The van der Waals surface area contributed by atoms with Crippen LogP contribution in [-0.4, -0.2) is 33.4 Å². The number of carbonyl (C=O) groups excluding carboxylic acids is 1. The van der Waals surface area contributed by atoms with Crippen LogP contribution in [0.15, 0.2) is 53.7 Å². The molecule has 0 fully saturated rings. The summed E-state index contributed by atoms with van der Waals surface area (Å²) in [7, 11) is 1.61. The number of methoxy groups -OCH3 is 1. The number of benzene rings is 2. The van der Waals surface area contributed by atoms with Gasteiger partial charge in [-0.2, -0.15) is 0 Å². The van der Waals surface area contributed by atoms with Crippen LogP contribution in [0.25, 0.3) is 11.4 Å². The van der Waals surface area contributed by atoms with E-state index >= 15 is 0 Å². The number of carbonyl (C=O) groups is 1. The molecule has 8 heteroatoms. The third-order valence-electron chi connectivity index (χ3n) is 4.21. The summed E-state index contributed by atoms with van der Waals surface area (Å²) in [6, 6.07) is 13.3. The molecule has 1 aromatic heterocycles. The summed E-state index contributed by atoms with van der Waals surface area (Å²) in [6.07, 6.45) is 0. The van der Waals surface area contributed by atoms with Gasteiger partial charge < -0.3 is 10.1 Å². The number of halogens is 1. The van der Waals surface area contributed by atoms with Gasteiger partial charge in [0.1, 0.15) is 11.6 Å². The number of aromatic amines is 1. The standard InChI is InChI=1S/C20H21FN4O2S/c1-12(14-4-8-16(21)9-5-14)22-19(26)13(2)28-20-23-18(24-25-20)15-6-10-17(27-3)11-7-15/h4-13H,1-3H3,(H,22,26)(H,23,24,25). The highest BCUT2D eigenvalue weighted by molar-refractivity contribution is 8.00. The van der Waals surface area contributed by atoms with Crippen LogP contribution in [0.3, 0.4) is 0 Å². The second kappa shape index (κ2) is 8.88. The predicted molar refractivity (Wildman–Crippen MR) is 107 cm³/mol. The van der Waals surface area contributed by atoms with Crippen molar-refractivity contribution in [1.29, 1.82) is 0 Å². The number of amides is 1. The zero-order valence-electron chi connectivity index (χ0n) is 15.8. The van der Waals surface area contributed by atoms with Crippen LogP contribution in [0.4, 0.5) is 4.39 Å². The lowest BCUT2D eigenvalue weighted by molar-refractivity contribution is -0.120. The molecule has 2 aromatic carbocycles. The van der Waals surface area contributed by atoms with Gasteiger partial charge in [0.05, 0.1) is 18.4 Å². The van der Waals surface area contributed by atoms with E-state index in [1.165, 1.54) is 23.9 Å². The first-order valence-corrected chi connectivity index (χ1v) is 9.63. The molecule has 0 radical (unpaired) electrons. The molecule has 3 aromatic rings. The van der Waals surface area contributed by atoms with Gasteiger partial charge in [0, 0.05) is 5.56 Å². The Kier molecular flexibility index (Phi) is 6.30. The normalized spacial score (nSPS) is 13.0. The zero-order chi connectivity index (χ0) is 20.1. The SMILES string of the molecule is COc1ccc(-c2nc(SC(C)C(=O)NC(C)c3ccc(F)cc3)n[nH]2)cc1. The number of aromatic nitrogens is 3. The van der Waals surface area contributed by atoms with Crippen molar-refractivity contribution in [2.75, 3.05) is 7.11 Å². The fourth-order valence-corrected chi connectivity index (χ4v) is 3.29. The van der Waals surface area contributed by atoms with E-state index in [9.17, 15) is 9.18 Å². The van der Waals surface area contributed by atoms with Gasteiger partial charge in [-0.3, -0.25) is 9.89 Å². The fraction of sp³-hybridized carbons (Fsp3) is 0.250. The molecular weight excluding hydrogens is 379 g/mol. The Hall–Kier alpha value is -2.87. The van der Waals surface area contributed by atoms with Gasteiger partial charge in [-0.1, -0.05) is 23.9 Å². The fourth-order valence-electron chi connectivity index (χ4n) is 2.55. The van der Waals surface area contributed by atoms with Crippen molar-refractivity contribution in [2.45, 2.75) is 30.3 Å². The third kappa shape index (κ3) is 4.89. The highest BCUT2D eigenvalue weighted by Gasteiger charge is 2.19. The average Bonchev–Trinajstić information content (AvgIpc) is 3.17. The third-order valence-corrected chi connectivity index (χ3v) is 5.17. The number of hydrogen-bond donors (Lipinski definition) is 2. The Bertz CT molecular complexity index is 928. The summed E-state index contributed by atoms with van der Waals surface area (Å²) in [6.45, 7) is 3.65. The quantitative estimate of drug-likeness (QED) is 0.587. The molecule has 0 saturated carbocycles. The monoisotopic (exact) mass is 400 g/mol. The number of H-pyrrole nitrogens is 1. The van der Waals surface area contributed by atoms with Crippen molar-refractivity contribution in [1.82, 2.24) is 20.5 Å². The number of nitrogens with zero attached hydrogens (tertiary/aromatic N) is 2. The number of hydrogen-bond acceptors (Lipinski definition) is 5. The maximum Gasteiger partial charge on any atom is 0.233 e. The Labute approximate surface area is 166 Å². The first kappa shape index (κ1) is 19.9. The van der Waals surface area contributed by atoms with E-state index in [0.29, 0.717) is 11.0 Å². The summed E-state index contributed by atoms with van der Waals surface area (Å²) in [5, 5.41) is 10.1. The van der Waals surface area contributed by atoms with Crippen molar-refractivity contribution >= 4 is 17.7 Å². The molecule has 0 aliphatic rings. The van der Waals surface area contributed by atoms with Crippen molar-refractivity contribution < 1.29 is 13.9 Å². The Morgan fingerprint density at radius 2 is 1.82 bits per heavy atom. The molecule has 1 heterocycles. The van der Waals surface area contributed by atoms with Gasteiger partial charge in [-0.25, -0.2) is 9.37 Å². The molecule has 146 valence electrons. The number of nitrogens with one attached hydrogen (secondary N) is 2. The molecule has 2 atom stereocenters. The van der Waals surface area contributed by atoms with Gasteiger partial charge in [0.25, 0.3) is 0 Å². The van der Waals surface area contributed by atoms with E-state index in [2.05, 4.69) is 20.5 Å². The second-order valence-corrected chi connectivity index (χ2v) is 7.54. The lowest BCUT2D eigenvalue weighted by Gasteiger charge is -2.17. The van der Waals surface area contributed by atoms with Crippen LogP contribution in [-0.2, 0) is 4.79 Å². The van der Waals surface area contributed by atoms with Crippen molar-refractivity contribution in [3.63, 3.8) is 0 Å². The predicted octanol–water partition coefficient (Wildman–Crippen LogP) is 3.98. The first-order chi connectivity index (χ1) is 13.5. The van der Waals surface area contributed by atoms with Gasteiger partial charge in [-0.15, -0.1) is 5.10 Å². The van der Waals surface area contributed by atoms with Gasteiger partial charge >= 0.3 is 0 Å². The van der Waals surface area contributed by atoms with E-state index in [1.54, 1.807) is 26.2 Å². The van der Waals surface area contributed by atoms with Crippen LogP contribution < -0.4 is 10.1 Å². The molecule has 0 spiro atoms. The van der Waals surface area contributed by atoms with Crippen molar-refractivity contribution in [3.05, 3.63) is 59.9 Å². The molecule has 28 heavy (non-hydrogen) atoms. The summed E-state index contributed by atoms with van der Waals surface area (Å²) < 4.78 is 18.2. The molecule has 6 nitrogen and oxygen atoms in total. The molecule has 0 aliphatic heterocycles. The lowest BCUT2D eigenvalue weighted by Crippen LogP contribution is -2.33. The maximum atomic E-state index is 13.0. The molecule has 2 N–H and O–H groups in total. The lowest BCUT2D eigenvalue weighted by atomic mass is 10.1. The smallest absolute Gasteiger partial charge is 0.233 e. The van der Waals surface area contributed by atoms with Crippen LogP contribution in [0.1, 0.15) is 25.5 Å². The summed E-state index contributed by atoms with van der Waals surface area (Å²) >= 11 is 1.26. The Balaban J connectivity index is 1.59. The van der Waals surface area contributed by atoms with E-state index in [0.717, 1.165) is 16.9 Å². The van der Waals surface area contributed by atoms with Crippen molar-refractivity contribution in [2.24, 2.45) is 0 Å². The topological polar surface area (TPSA) is 79.9 Å². The van der Waals surface area contributed by atoms with E-state index in [-0.39, 0.29) is 23.0 Å². The van der Waals surface area contributed by atoms with Gasteiger partial charge in [0.2, 0.25) is 11.1 Å². The zero-order valence-corrected chi connectivity index (χ0v) is 16.6. The summed E-state index contributed by atoms with van der Waals surface area (Å²) in [4.78, 5) is 16.9. The first-order valence-electron chi connectivity index (χ1n) is 8.75. The van der Waals surface area contributed by atoms with E-state index in [4.69, 9.17) is 4.74 Å². The van der Waals surface area contributed by atoms with Gasteiger partial charge in [0.15, 0.2) is 5.82 Å². The second-order valence-electron chi connectivity index (χ2n) is 6.24. The largest absolute Gasteiger partial charge is 0.497 e. The number of thioether (sulfide) groups is 1. The molecular formula is C20H21FN4O2S. The molecule has 0 bridgehead atoms. The summed E-state index contributed by atoms with van der Waals surface area (Å²) in [5.74, 6) is 0.942. The number of ether oxygens (including phenoxy) is 1. The minimum absolute atomic E-state index is 0.141. The Morgan fingerprint density at radius 3 is 2.46 bits per heavy atom. The minimum Gasteiger partial charge on any atom is -0.497 e.